The first-order valence-electron chi connectivity index (χ1n) is 18.6. The summed E-state index contributed by atoms with van der Waals surface area (Å²) in [5.41, 5.74) is 1.11. The minimum atomic E-state index is -1.33. The maximum atomic E-state index is 13.8. The molecule has 4 rings (SSSR count). The lowest BCUT2D eigenvalue weighted by molar-refractivity contribution is -0.132. The standard InChI is InChI=1S/C39H55N5O7/c1-27-36(47)43-32(20-12-13-23-40-35(46)22-11-8-16-28-14-4-2-5-15-28)38(49)42-30(24-29-17-6-3-7-18-29)26-51-34-21-10-9-19-31(34)37(48)44-33(25-45)39(50)41-27/h3,6-7,9-10,17-19,21,27-28,30,32-33,45H,2,4-5,8,11-16,20,22-26H2,1H3,(H,40,46)(H,41,50)(H,42,49)(H,43,47)(H,44,48)/t27-,30-,32-,33-/m0/s1. The van der Waals surface area contributed by atoms with Gasteiger partial charge in [-0.15, -0.1) is 0 Å². The Labute approximate surface area is 301 Å². The molecule has 12 nitrogen and oxygen atoms in total. The molecule has 0 saturated heterocycles. The van der Waals surface area contributed by atoms with Crippen molar-refractivity contribution in [1.29, 1.82) is 0 Å². The zero-order valence-electron chi connectivity index (χ0n) is 29.8. The summed E-state index contributed by atoms with van der Waals surface area (Å²) in [5.74, 6) is -1.32. The minimum Gasteiger partial charge on any atom is -0.491 e. The zero-order valence-corrected chi connectivity index (χ0v) is 29.8. The van der Waals surface area contributed by atoms with E-state index < -0.39 is 54.4 Å². The number of rotatable bonds is 13. The molecular weight excluding hydrogens is 650 g/mol. The summed E-state index contributed by atoms with van der Waals surface area (Å²) in [5, 5.41) is 23.8. The van der Waals surface area contributed by atoms with Gasteiger partial charge < -0.3 is 36.4 Å². The summed E-state index contributed by atoms with van der Waals surface area (Å²) in [6.45, 7) is 1.25. The molecular formula is C39H55N5O7. The summed E-state index contributed by atoms with van der Waals surface area (Å²) in [7, 11) is 0. The maximum absolute atomic E-state index is 13.8. The Balaban J connectivity index is 1.40. The summed E-state index contributed by atoms with van der Waals surface area (Å²) in [6, 6.07) is 12.3. The highest BCUT2D eigenvalue weighted by atomic mass is 16.5. The molecule has 0 bridgehead atoms. The maximum Gasteiger partial charge on any atom is 0.255 e. The number of carbonyl (C=O) groups excluding carboxylic acids is 5. The van der Waals surface area contributed by atoms with E-state index in [2.05, 4.69) is 26.6 Å². The molecule has 0 aromatic heterocycles. The highest BCUT2D eigenvalue weighted by molar-refractivity contribution is 6.00. The van der Waals surface area contributed by atoms with Crippen LogP contribution in [0.25, 0.3) is 0 Å². The van der Waals surface area contributed by atoms with E-state index in [4.69, 9.17) is 4.74 Å². The fraction of sp³-hybridized carbons (Fsp3) is 0.564. The Morgan fingerprint density at radius 2 is 1.49 bits per heavy atom. The highest BCUT2D eigenvalue weighted by Gasteiger charge is 2.29. The van der Waals surface area contributed by atoms with Gasteiger partial charge in [-0.1, -0.05) is 87.4 Å². The van der Waals surface area contributed by atoms with Gasteiger partial charge in [0.05, 0.1) is 18.2 Å². The largest absolute Gasteiger partial charge is 0.491 e. The summed E-state index contributed by atoms with van der Waals surface area (Å²) >= 11 is 0. The molecule has 0 radical (unpaired) electrons. The van der Waals surface area contributed by atoms with Crippen LogP contribution in [-0.4, -0.2) is 78.6 Å². The van der Waals surface area contributed by atoms with E-state index in [0.29, 0.717) is 38.6 Å². The molecule has 1 fully saturated rings. The Kier molecular flexibility index (Phi) is 16.2. The van der Waals surface area contributed by atoms with Gasteiger partial charge in [0.2, 0.25) is 23.6 Å². The van der Waals surface area contributed by atoms with Gasteiger partial charge in [-0.2, -0.15) is 0 Å². The van der Waals surface area contributed by atoms with Crippen LogP contribution in [0.4, 0.5) is 0 Å². The van der Waals surface area contributed by atoms with Crippen LogP contribution in [0.2, 0.25) is 0 Å². The van der Waals surface area contributed by atoms with Crippen molar-refractivity contribution in [3.63, 3.8) is 0 Å². The van der Waals surface area contributed by atoms with Crippen LogP contribution in [-0.2, 0) is 25.6 Å². The summed E-state index contributed by atoms with van der Waals surface area (Å²) in [6.07, 6.45) is 12.2. The molecule has 1 saturated carbocycles. The second kappa shape index (κ2) is 21.0. The van der Waals surface area contributed by atoms with Gasteiger partial charge >= 0.3 is 0 Å². The van der Waals surface area contributed by atoms with Crippen molar-refractivity contribution in [3.05, 3.63) is 65.7 Å². The van der Waals surface area contributed by atoms with Crippen LogP contribution >= 0.6 is 0 Å². The molecule has 1 aliphatic heterocycles. The lowest BCUT2D eigenvalue weighted by Gasteiger charge is -2.26. The van der Waals surface area contributed by atoms with Gasteiger partial charge in [-0.25, -0.2) is 0 Å². The predicted octanol–water partition coefficient (Wildman–Crippen LogP) is 3.31. The number of para-hydroxylation sites is 1. The van der Waals surface area contributed by atoms with Crippen molar-refractivity contribution in [2.24, 2.45) is 5.92 Å². The number of aliphatic hydroxyl groups excluding tert-OH is 1. The van der Waals surface area contributed by atoms with E-state index in [1.807, 2.05) is 30.3 Å². The van der Waals surface area contributed by atoms with Gasteiger partial charge in [-0.3, -0.25) is 24.0 Å². The Hall–Kier alpha value is -4.45. The van der Waals surface area contributed by atoms with Gasteiger partial charge in [0.15, 0.2) is 0 Å². The Bertz CT molecular complexity index is 1430. The van der Waals surface area contributed by atoms with Crippen molar-refractivity contribution in [1.82, 2.24) is 26.6 Å². The molecule has 4 atom stereocenters. The van der Waals surface area contributed by atoms with Gasteiger partial charge in [0, 0.05) is 13.0 Å². The molecule has 0 spiro atoms. The Morgan fingerprint density at radius 1 is 0.784 bits per heavy atom. The fourth-order valence-corrected chi connectivity index (χ4v) is 6.68. The topological polar surface area (TPSA) is 175 Å². The van der Waals surface area contributed by atoms with Crippen molar-refractivity contribution in [3.8, 4) is 5.75 Å². The lowest BCUT2D eigenvalue weighted by Crippen LogP contribution is -2.57. The fourth-order valence-electron chi connectivity index (χ4n) is 6.68. The van der Waals surface area contributed by atoms with E-state index in [0.717, 1.165) is 24.3 Å². The number of hydrogen-bond acceptors (Lipinski definition) is 7. The molecule has 51 heavy (non-hydrogen) atoms. The average Bonchev–Trinajstić information content (AvgIpc) is 3.14. The lowest BCUT2D eigenvalue weighted by atomic mass is 9.85. The number of ether oxygens (including phenoxy) is 1. The first-order chi connectivity index (χ1) is 24.7. The minimum absolute atomic E-state index is 0.0125. The van der Waals surface area contributed by atoms with Crippen LogP contribution in [0, 0.1) is 5.92 Å². The van der Waals surface area contributed by atoms with E-state index in [-0.39, 0.29) is 23.8 Å². The van der Waals surface area contributed by atoms with E-state index >= 15 is 0 Å². The number of carbonyl (C=O) groups is 5. The van der Waals surface area contributed by atoms with Crippen LogP contribution in [0.1, 0.15) is 99.9 Å². The number of nitrogens with one attached hydrogen (secondary N) is 5. The number of hydrogen-bond donors (Lipinski definition) is 6. The monoisotopic (exact) mass is 705 g/mol. The first kappa shape index (κ1) is 39.3. The first-order valence-corrected chi connectivity index (χ1v) is 18.6. The SMILES string of the molecule is C[C@@H]1NC(=O)[C@H](CO)NC(=O)c2ccccc2OC[C@H](Cc2ccccc2)NC(=O)[C@H](CCCCNC(=O)CCCCC2CCCCC2)NC1=O. The van der Waals surface area contributed by atoms with Crippen LogP contribution in [0.3, 0.4) is 0 Å². The molecule has 1 aliphatic carbocycles. The van der Waals surface area contributed by atoms with Gasteiger partial charge in [0.1, 0.15) is 30.5 Å². The van der Waals surface area contributed by atoms with E-state index in [9.17, 15) is 29.1 Å². The number of benzene rings is 2. The van der Waals surface area contributed by atoms with E-state index in [1.165, 1.54) is 51.5 Å². The molecule has 12 heteroatoms. The number of fused-ring (bicyclic) bond motifs is 1. The molecule has 278 valence electrons. The number of aliphatic hydroxyl groups is 1. The van der Waals surface area contributed by atoms with Crippen molar-refractivity contribution in [2.45, 2.75) is 115 Å². The van der Waals surface area contributed by atoms with Crippen molar-refractivity contribution < 1.29 is 33.8 Å². The van der Waals surface area contributed by atoms with Crippen molar-refractivity contribution in [2.75, 3.05) is 19.8 Å². The smallest absolute Gasteiger partial charge is 0.255 e. The van der Waals surface area contributed by atoms with Crippen molar-refractivity contribution >= 4 is 29.5 Å². The number of amides is 5. The van der Waals surface area contributed by atoms with Crippen LogP contribution in [0.15, 0.2) is 54.6 Å². The summed E-state index contributed by atoms with van der Waals surface area (Å²) in [4.78, 5) is 65.7. The molecule has 5 amide bonds. The normalized spacial score (nSPS) is 22.4. The molecule has 6 N–H and O–H groups in total. The third-order valence-corrected chi connectivity index (χ3v) is 9.67. The van der Waals surface area contributed by atoms with E-state index in [1.54, 1.807) is 18.2 Å². The third kappa shape index (κ3) is 13.3. The molecule has 2 aliphatic rings. The molecule has 2 aromatic rings. The highest BCUT2D eigenvalue weighted by Crippen LogP contribution is 2.28. The molecule has 2 aromatic carbocycles. The molecule has 0 unspecified atom stereocenters. The van der Waals surface area contributed by atoms with Crippen LogP contribution < -0.4 is 31.3 Å². The number of unbranched alkanes of at least 4 members (excludes halogenated alkanes) is 2. The zero-order chi connectivity index (χ0) is 36.4. The quantitative estimate of drug-likeness (QED) is 0.173. The second-order valence-electron chi connectivity index (χ2n) is 13.8. The molecule has 1 heterocycles. The van der Waals surface area contributed by atoms with Crippen LogP contribution in [0.5, 0.6) is 5.75 Å². The summed E-state index contributed by atoms with van der Waals surface area (Å²) < 4.78 is 6.10. The van der Waals surface area contributed by atoms with Gasteiger partial charge in [0.25, 0.3) is 5.91 Å². The average molecular weight is 706 g/mol. The second-order valence-corrected chi connectivity index (χ2v) is 13.8. The third-order valence-electron chi connectivity index (χ3n) is 9.67. The van der Waals surface area contributed by atoms with Gasteiger partial charge in [-0.05, 0) is 62.6 Å². The Morgan fingerprint density at radius 3 is 2.25 bits per heavy atom. The predicted molar refractivity (Wildman–Crippen MR) is 194 cm³/mol.